The van der Waals surface area contributed by atoms with Crippen molar-refractivity contribution >= 4 is 0 Å². The molecule has 0 heterocycles. The molecule has 0 heteroatoms. The van der Waals surface area contributed by atoms with Crippen molar-refractivity contribution in [3.8, 4) is 23.7 Å². The minimum atomic E-state index is 1.11. The van der Waals surface area contributed by atoms with Crippen molar-refractivity contribution < 1.29 is 0 Å². The third-order valence-electron chi connectivity index (χ3n) is 3.46. The second kappa shape index (κ2) is 12.6. The minimum absolute atomic E-state index is 1.11. The van der Waals surface area contributed by atoms with E-state index in [4.69, 9.17) is 0 Å². The summed E-state index contributed by atoms with van der Waals surface area (Å²) in [7, 11) is 0. The molecule has 1 rings (SSSR count). The van der Waals surface area contributed by atoms with Gasteiger partial charge in [-0.3, -0.25) is 0 Å². The van der Waals surface area contributed by atoms with Crippen LogP contribution < -0.4 is 0 Å². The lowest BCUT2D eigenvalue weighted by Crippen LogP contribution is -1.81. The van der Waals surface area contributed by atoms with Gasteiger partial charge in [-0.1, -0.05) is 38.5 Å². The van der Waals surface area contributed by atoms with Gasteiger partial charge >= 0.3 is 0 Å². The van der Waals surface area contributed by atoms with Gasteiger partial charge in [0.2, 0.25) is 0 Å². The van der Waals surface area contributed by atoms with Crippen LogP contribution >= 0.6 is 0 Å². The molecule has 100 valence electrons. The van der Waals surface area contributed by atoms with E-state index in [9.17, 15) is 0 Å². The molecule has 0 atom stereocenters. The number of hydrogen-bond donors (Lipinski definition) is 0. The van der Waals surface area contributed by atoms with Gasteiger partial charge in [-0.2, -0.15) is 0 Å². The van der Waals surface area contributed by atoms with E-state index in [0.717, 1.165) is 25.7 Å². The van der Waals surface area contributed by atoms with Crippen LogP contribution in [0, 0.1) is 23.7 Å². The molecule has 0 nitrogen and oxygen atoms in total. The minimum Gasteiger partial charge on any atom is -0.103 e. The van der Waals surface area contributed by atoms with E-state index in [1.807, 2.05) is 0 Å². The molecule has 0 aromatic rings. The van der Waals surface area contributed by atoms with Gasteiger partial charge < -0.3 is 0 Å². The molecule has 18 heavy (non-hydrogen) atoms. The molecule has 0 radical (unpaired) electrons. The quantitative estimate of drug-likeness (QED) is 0.496. The van der Waals surface area contributed by atoms with Crippen LogP contribution in [0.1, 0.15) is 89.9 Å². The van der Waals surface area contributed by atoms with E-state index in [2.05, 4.69) is 23.7 Å². The van der Waals surface area contributed by atoms with E-state index >= 15 is 0 Å². The topological polar surface area (TPSA) is 0 Å². The maximum atomic E-state index is 3.32. The zero-order valence-corrected chi connectivity index (χ0v) is 11.9. The average Bonchev–Trinajstić information content (AvgIpc) is 2.39. The molecule has 0 aromatic heterocycles. The van der Waals surface area contributed by atoms with E-state index in [1.165, 1.54) is 64.2 Å². The summed E-state index contributed by atoms with van der Waals surface area (Å²) < 4.78 is 0. The van der Waals surface area contributed by atoms with Crippen LogP contribution in [0.15, 0.2) is 0 Å². The largest absolute Gasteiger partial charge is 0.103 e. The molecular formula is C18H28. The molecule has 0 bridgehead atoms. The van der Waals surface area contributed by atoms with E-state index in [-0.39, 0.29) is 0 Å². The fraction of sp³-hybridized carbons (Fsp3) is 0.778. The highest BCUT2D eigenvalue weighted by atomic mass is 14.0. The van der Waals surface area contributed by atoms with Gasteiger partial charge in [-0.15, -0.1) is 23.7 Å². The van der Waals surface area contributed by atoms with E-state index < -0.39 is 0 Å². The van der Waals surface area contributed by atoms with E-state index in [0.29, 0.717) is 0 Å². The van der Waals surface area contributed by atoms with Crippen LogP contribution in [0.2, 0.25) is 0 Å². The molecule has 0 spiro atoms. The van der Waals surface area contributed by atoms with Crippen molar-refractivity contribution in [1.82, 2.24) is 0 Å². The number of hydrogen-bond acceptors (Lipinski definition) is 0. The fourth-order valence-corrected chi connectivity index (χ4v) is 2.27. The zero-order chi connectivity index (χ0) is 12.7. The second-order valence-corrected chi connectivity index (χ2v) is 5.24. The maximum Gasteiger partial charge on any atom is 0.00886 e. The predicted octanol–water partition coefficient (Wildman–Crippen LogP) is 5.47. The highest BCUT2D eigenvalue weighted by Gasteiger charge is 1.91. The molecule has 0 saturated heterocycles. The third kappa shape index (κ3) is 10.3. The maximum absolute atomic E-state index is 3.32. The van der Waals surface area contributed by atoms with Gasteiger partial charge in [0.25, 0.3) is 0 Å². The van der Waals surface area contributed by atoms with Crippen LogP contribution in [0.4, 0.5) is 0 Å². The molecule has 1 aliphatic rings. The summed E-state index contributed by atoms with van der Waals surface area (Å²) >= 11 is 0. The van der Waals surface area contributed by atoms with Crippen molar-refractivity contribution in [3.05, 3.63) is 0 Å². The van der Waals surface area contributed by atoms with Gasteiger partial charge in [0.05, 0.1) is 0 Å². The van der Waals surface area contributed by atoms with E-state index in [1.54, 1.807) is 0 Å². The number of rotatable bonds is 0. The normalized spacial score (nSPS) is 20.4. The molecule has 0 N–H and O–H groups in total. The monoisotopic (exact) mass is 244 g/mol. The van der Waals surface area contributed by atoms with Crippen molar-refractivity contribution in [1.29, 1.82) is 0 Å². The molecule has 0 aliphatic heterocycles. The third-order valence-corrected chi connectivity index (χ3v) is 3.46. The fourth-order valence-electron chi connectivity index (χ4n) is 2.27. The first-order valence-electron chi connectivity index (χ1n) is 7.91. The first kappa shape index (κ1) is 15.2. The Labute approximate surface area is 114 Å². The summed E-state index contributed by atoms with van der Waals surface area (Å²) in [5.74, 6) is 13.3. The van der Waals surface area contributed by atoms with Crippen molar-refractivity contribution in [2.45, 2.75) is 89.9 Å². The van der Waals surface area contributed by atoms with Crippen LogP contribution in [0.3, 0.4) is 0 Å². The molecule has 0 unspecified atom stereocenters. The van der Waals surface area contributed by atoms with Gasteiger partial charge in [-0.05, 0) is 25.7 Å². The molecule has 0 saturated carbocycles. The molecule has 0 aromatic carbocycles. The van der Waals surface area contributed by atoms with Gasteiger partial charge in [0.1, 0.15) is 0 Å². The summed E-state index contributed by atoms with van der Waals surface area (Å²) in [5, 5.41) is 0. The Morgan fingerprint density at radius 1 is 0.278 bits per heavy atom. The summed E-state index contributed by atoms with van der Waals surface area (Å²) in [6.07, 6.45) is 17.7. The Morgan fingerprint density at radius 3 is 0.778 bits per heavy atom. The zero-order valence-electron chi connectivity index (χ0n) is 11.9. The van der Waals surface area contributed by atoms with Crippen LogP contribution in [-0.2, 0) is 0 Å². The lowest BCUT2D eigenvalue weighted by molar-refractivity contribution is 0.622. The van der Waals surface area contributed by atoms with Crippen LogP contribution in [0.5, 0.6) is 0 Å². The highest BCUT2D eigenvalue weighted by Crippen LogP contribution is 2.08. The Balaban J connectivity index is 2.16. The Bertz CT molecular complexity index is 235. The Hall–Kier alpha value is -0.880. The molecular weight excluding hydrogens is 216 g/mol. The van der Waals surface area contributed by atoms with Gasteiger partial charge in [-0.25, -0.2) is 0 Å². The average molecular weight is 244 g/mol. The van der Waals surface area contributed by atoms with Crippen molar-refractivity contribution in [2.24, 2.45) is 0 Å². The predicted molar refractivity (Wildman–Crippen MR) is 80.2 cm³/mol. The first-order chi connectivity index (χ1) is 9.00. The standard InChI is InChI=1S/C18H28/c1-2-4-6-8-10-12-14-16-18-17-15-13-11-9-7-5-3-1/h1-7,12-18H2. The lowest BCUT2D eigenvalue weighted by atomic mass is 10.1. The SMILES string of the molecule is C1#CCCCCCCCC#CCCCCCCC1. The second-order valence-electron chi connectivity index (χ2n) is 5.24. The lowest BCUT2D eigenvalue weighted by Gasteiger charge is -1.98. The molecule has 0 amide bonds. The first-order valence-corrected chi connectivity index (χ1v) is 7.91. The molecule has 1 aliphatic carbocycles. The molecule has 0 fully saturated rings. The van der Waals surface area contributed by atoms with Crippen LogP contribution in [0.25, 0.3) is 0 Å². The van der Waals surface area contributed by atoms with Gasteiger partial charge in [0, 0.05) is 25.7 Å². The van der Waals surface area contributed by atoms with Crippen molar-refractivity contribution in [2.75, 3.05) is 0 Å². The summed E-state index contributed by atoms with van der Waals surface area (Å²) in [5.41, 5.74) is 0. The smallest absolute Gasteiger partial charge is 0.00886 e. The van der Waals surface area contributed by atoms with Crippen molar-refractivity contribution in [3.63, 3.8) is 0 Å². The Morgan fingerprint density at radius 2 is 0.500 bits per heavy atom. The summed E-state index contributed by atoms with van der Waals surface area (Å²) in [6.45, 7) is 0. The van der Waals surface area contributed by atoms with Gasteiger partial charge in [0.15, 0.2) is 0 Å². The summed E-state index contributed by atoms with van der Waals surface area (Å²) in [6, 6.07) is 0. The summed E-state index contributed by atoms with van der Waals surface area (Å²) in [4.78, 5) is 0. The Kier molecular flexibility index (Phi) is 10.6. The van der Waals surface area contributed by atoms with Crippen LogP contribution in [-0.4, -0.2) is 0 Å². The highest BCUT2D eigenvalue weighted by molar-refractivity contribution is 4.99.